The van der Waals surface area contributed by atoms with Gasteiger partial charge in [0.2, 0.25) is 0 Å². The standard InChI is InChI=1S/C8H18S2/c1-3-10-8-6-4-5-7-9-2/h3-8H2,1-2H3. The largest absolute Gasteiger partial charge is 0.165 e. The number of rotatable bonds is 7. The summed E-state index contributed by atoms with van der Waals surface area (Å²) in [5.41, 5.74) is 0. The summed E-state index contributed by atoms with van der Waals surface area (Å²) in [6.45, 7) is 2.23. The van der Waals surface area contributed by atoms with Gasteiger partial charge in [-0.3, -0.25) is 0 Å². The molecule has 0 aromatic heterocycles. The summed E-state index contributed by atoms with van der Waals surface area (Å²) >= 11 is 4.02. The molecule has 0 spiro atoms. The third-order valence-electron chi connectivity index (χ3n) is 1.34. The van der Waals surface area contributed by atoms with Gasteiger partial charge in [0.25, 0.3) is 0 Å². The molecule has 0 saturated heterocycles. The summed E-state index contributed by atoms with van der Waals surface area (Å²) in [6.07, 6.45) is 6.43. The second-order valence-electron chi connectivity index (χ2n) is 2.25. The van der Waals surface area contributed by atoms with Crippen LogP contribution >= 0.6 is 23.5 Å². The Morgan fingerprint density at radius 3 is 2.30 bits per heavy atom. The molecule has 0 bridgehead atoms. The molecule has 0 aliphatic rings. The molecule has 0 atom stereocenters. The third-order valence-corrected chi connectivity index (χ3v) is 3.02. The first-order valence-corrected chi connectivity index (χ1v) is 6.53. The van der Waals surface area contributed by atoms with Crippen molar-refractivity contribution in [3.8, 4) is 0 Å². The summed E-state index contributed by atoms with van der Waals surface area (Å²) in [5, 5.41) is 0. The lowest BCUT2D eigenvalue weighted by Crippen LogP contribution is -1.83. The van der Waals surface area contributed by atoms with Crippen molar-refractivity contribution in [2.45, 2.75) is 26.2 Å². The second kappa shape index (κ2) is 9.70. The van der Waals surface area contributed by atoms with E-state index in [-0.39, 0.29) is 0 Å². The van der Waals surface area contributed by atoms with Crippen molar-refractivity contribution in [1.29, 1.82) is 0 Å². The maximum Gasteiger partial charge on any atom is -0.00676 e. The molecule has 0 N–H and O–H groups in total. The summed E-state index contributed by atoms with van der Waals surface area (Å²) in [5.74, 6) is 3.99. The van der Waals surface area contributed by atoms with Crippen LogP contribution in [0.5, 0.6) is 0 Å². The quantitative estimate of drug-likeness (QED) is 0.549. The topological polar surface area (TPSA) is 0 Å². The van der Waals surface area contributed by atoms with E-state index < -0.39 is 0 Å². The minimum absolute atomic E-state index is 1.28. The van der Waals surface area contributed by atoms with Crippen LogP contribution in [-0.4, -0.2) is 23.5 Å². The Labute approximate surface area is 73.5 Å². The van der Waals surface area contributed by atoms with Crippen molar-refractivity contribution in [2.75, 3.05) is 23.5 Å². The minimum Gasteiger partial charge on any atom is -0.165 e. The molecule has 0 rings (SSSR count). The Morgan fingerprint density at radius 1 is 1.00 bits per heavy atom. The number of thioether (sulfide) groups is 2. The van der Waals surface area contributed by atoms with Crippen LogP contribution in [0, 0.1) is 0 Å². The van der Waals surface area contributed by atoms with Crippen molar-refractivity contribution < 1.29 is 0 Å². The Kier molecular flexibility index (Phi) is 10.4. The number of hydrogen-bond acceptors (Lipinski definition) is 2. The molecule has 62 valence electrons. The highest BCUT2D eigenvalue weighted by Gasteiger charge is 1.87. The van der Waals surface area contributed by atoms with Gasteiger partial charge in [0, 0.05) is 0 Å². The van der Waals surface area contributed by atoms with E-state index in [1.54, 1.807) is 0 Å². The maximum atomic E-state index is 2.23. The van der Waals surface area contributed by atoms with Crippen LogP contribution in [0.25, 0.3) is 0 Å². The first kappa shape index (κ1) is 10.7. The van der Waals surface area contributed by atoms with Crippen LogP contribution in [-0.2, 0) is 0 Å². The highest BCUT2D eigenvalue weighted by Crippen LogP contribution is 2.07. The van der Waals surface area contributed by atoms with Crippen molar-refractivity contribution in [1.82, 2.24) is 0 Å². The van der Waals surface area contributed by atoms with E-state index in [0.29, 0.717) is 0 Å². The predicted molar refractivity (Wildman–Crippen MR) is 55.2 cm³/mol. The smallest absolute Gasteiger partial charge is 0.00676 e. The molecule has 0 radical (unpaired) electrons. The summed E-state index contributed by atoms with van der Waals surface area (Å²) < 4.78 is 0. The molecule has 0 nitrogen and oxygen atoms in total. The highest BCUT2D eigenvalue weighted by atomic mass is 32.2. The molecule has 0 unspecified atom stereocenters. The van der Waals surface area contributed by atoms with E-state index in [1.165, 1.54) is 36.5 Å². The van der Waals surface area contributed by atoms with Gasteiger partial charge in [0.15, 0.2) is 0 Å². The van der Waals surface area contributed by atoms with Crippen molar-refractivity contribution >= 4 is 23.5 Å². The SMILES string of the molecule is CCSCCCCCSC. The first-order chi connectivity index (χ1) is 4.91. The van der Waals surface area contributed by atoms with Crippen molar-refractivity contribution in [3.63, 3.8) is 0 Å². The highest BCUT2D eigenvalue weighted by molar-refractivity contribution is 7.99. The van der Waals surface area contributed by atoms with Crippen LogP contribution in [0.4, 0.5) is 0 Å². The molecule has 0 aromatic rings. The van der Waals surface area contributed by atoms with E-state index in [1.807, 2.05) is 11.8 Å². The van der Waals surface area contributed by atoms with Gasteiger partial charge in [-0.1, -0.05) is 13.3 Å². The third kappa shape index (κ3) is 8.70. The Hall–Kier alpha value is 0.700. The van der Waals surface area contributed by atoms with E-state index in [9.17, 15) is 0 Å². The van der Waals surface area contributed by atoms with Crippen LogP contribution in [0.3, 0.4) is 0 Å². The normalized spacial score (nSPS) is 10.2. The van der Waals surface area contributed by atoms with Gasteiger partial charge < -0.3 is 0 Å². The van der Waals surface area contributed by atoms with E-state index >= 15 is 0 Å². The lowest BCUT2D eigenvalue weighted by Gasteiger charge is -1.97. The zero-order valence-corrected chi connectivity index (χ0v) is 8.69. The predicted octanol–water partition coefficient (Wildman–Crippen LogP) is 3.27. The summed E-state index contributed by atoms with van der Waals surface area (Å²) in [6, 6.07) is 0. The van der Waals surface area contributed by atoms with Crippen LogP contribution in [0.2, 0.25) is 0 Å². The molecule has 0 saturated carbocycles. The zero-order chi connectivity index (χ0) is 7.66. The first-order valence-electron chi connectivity index (χ1n) is 3.98. The molecular formula is C8H18S2. The molecule has 0 fully saturated rings. The minimum atomic E-state index is 1.28. The summed E-state index contributed by atoms with van der Waals surface area (Å²) in [7, 11) is 0. The molecular weight excluding hydrogens is 160 g/mol. The fourth-order valence-corrected chi connectivity index (χ4v) is 1.96. The Bertz CT molecular complexity index is 47.2. The molecule has 0 amide bonds. The molecule has 0 aliphatic heterocycles. The van der Waals surface area contributed by atoms with Crippen LogP contribution < -0.4 is 0 Å². The van der Waals surface area contributed by atoms with E-state index in [4.69, 9.17) is 0 Å². The van der Waals surface area contributed by atoms with Gasteiger partial charge in [-0.05, 0) is 36.4 Å². The summed E-state index contributed by atoms with van der Waals surface area (Å²) in [4.78, 5) is 0. The van der Waals surface area contributed by atoms with Crippen molar-refractivity contribution in [3.05, 3.63) is 0 Å². The lowest BCUT2D eigenvalue weighted by atomic mass is 10.3. The molecule has 0 aliphatic carbocycles. The second-order valence-corrected chi connectivity index (χ2v) is 4.63. The van der Waals surface area contributed by atoms with E-state index in [2.05, 4.69) is 24.9 Å². The zero-order valence-electron chi connectivity index (χ0n) is 7.06. The van der Waals surface area contributed by atoms with Gasteiger partial charge >= 0.3 is 0 Å². The fourth-order valence-electron chi connectivity index (χ4n) is 0.772. The van der Waals surface area contributed by atoms with Gasteiger partial charge in [0.1, 0.15) is 0 Å². The number of hydrogen-bond donors (Lipinski definition) is 0. The maximum absolute atomic E-state index is 2.23. The Balaban J connectivity index is 2.65. The average molecular weight is 178 g/mol. The van der Waals surface area contributed by atoms with Crippen LogP contribution in [0.15, 0.2) is 0 Å². The molecule has 0 heterocycles. The average Bonchev–Trinajstić information content (AvgIpc) is 1.97. The van der Waals surface area contributed by atoms with Gasteiger partial charge in [-0.25, -0.2) is 0 Å². The molecule has 10 heavy (non-hydrogen) atoms. The van der Waals surface area contributed by atoms with Gasteiger partial charge in [-0.15, -0.1) is 0 Å². The van der Waals surface area contributed by atoms with Gasteiger partial charge in [-0.2, -0.15) is 23.5 Å². The van der Waals surface area contributed by atoms with E-state index in [0.717, 1.165) is 0 Å². The monoisotopic (exact) mass is 178 g/mol. The lowest BCUT2D eigenvalue weighted by molar-refractivity contribution is 0.786. The fraction of sp³-hybridized carbons (Fsp3) is 1.00. The molecule has 0 aromatic carbocycles. The Morgan fingerprint density at radius 2 is 1.70 bits per heavy atom. The van der Waals surface area contributed by atoms with Crippen LogP contribution in [0.1, 0.15) is 26.2 Å². The number of unbranched alkanes of at least 4 members (excludes halogenated alkanes) is 2. The van der Waals surface area contributed by atoms with Crippen molar-refractivity contribution in [2.24, 2.45) is 0 Å². The van der Waals surface area contributed by atoms with Gasteiger partial charge in [0.05, 0.1) is 0 Å². The molecule has 2 heteroatoms.